The number of hydrogen-bond acceptors (Lipinski definition) is 2. The predicted octanol–water partition coefficient (Wildman–Crippen LogP) is 4.65. The van der Waals surface area contributed by atoms with E-state index in [1.807, 2.05) is 23.1 Å². The number of aromatic nitrogens is 3. The summed E-state index contributed by atoms with van der Waals surface area (Å²) in [6.07, 6.45) is 0.762. The van der Waals surface area contributed by atoms with Crippen LogP contribution in [0.2, 0.25) is 5.15 Å². The first-order valence-corrected chi connectivity index (χ1v) is 9.79. The molecular weight excluding hydrogens is 391 g/mol. The highest BCUT2D eigenvalue weighted by molar-refractivity contribution is 6.33. The number of benzene rings is 2. The second-order valence-corrected chi connectivity index (χ2v) is 7.60. The summed E-state index contributed by atoms with van der Waals surface area (Å²) in [7, 11) is 0. The third-order valence-corrected chi connectivity index (χ3v) is 5.81. The molecule has 1 aliphatic heterocycles. The Bertz CT molecular complexity index is 1240. The Balaban J connectivity index is 1.49. The van der Waals surface area contributed by atoms with Crippen molar-refractivity contribution in [2.24, 2.45) is 0 Å². The van der Waals surface area contributed by atoms with Crippen LogP contribution in [0.4, 0.5) is 4.39 Å². The maximum Gasteiger partial charge on any atom is 0.259 e. The second-order valence-electron chi connectivity index (χ2n) is 7.24. The van der Waals surface area contributed by atoms with Crippen molar-refractivity contribution in [3.8, 4) is 5.69 Å². The predicted molar refractivity (Wildman–Crippen MR) is 110 cm³/mol. The standard InChI is InChI=1S/C22H18ClFN4O/c1-13-20(21(23)28(26-13)15-8-6-14(24)7-9-15)22(29)27-11-10-19-17(12-27)16-4-2-3-5-18(16)25-19/h2-9,25H,10-12H2,1H3. The van der Waals surface area contributed by atoms with Crippen LogP contribution < -0.4 is 0 Å². The molecule has 0 radical (unpaired) electrons. The van der Waals surface area contributed by atoms with Gasteiger partial charge in [0.2, 0.25) is 0 Å². The minimum atomic E-state index is -0.340. The summed E-state index contributed by atoms with van der Waals surface area (Å²) in [6.45, 7) is 2.89. The molecule has 5 rings (SSSR count). The van der Waals surface area contributed by atoms with Gasteiger partial charge in [0.15, 0.2) is 0 Å². The first-order chi connectivity index (χ1) is 14.0. The Morgan fingerprint density at radius 1 is 1.17 bits per heavy atom. The number of nitrogens with zero attached hydrogens (tertiary/aromatic N) is 3. The molecule has 0 saturated carbocycles. The Kier molecular flexibility index (Phi) is 4.17. The fourth-order valence-corrected chi connectivity index (χ4v) is 4.35. The third-order valence-electron chi connectivity index (χ3n) is 5.46. The molecular formula is C22H18ClFN4O. The Hall–Kier alpha value is -3.12. The number of aromatic amines is 1. The number of H-pyrrole nitrogens is 1. The van der Waals surface area contributed by atoms with Crippen molar-refractivity contribution >= 4 is 28.4 Å². The SMILES string of the molecule is Cc1nn(-c2ccc(F)cc2)c(Cl)c1C(=O)N1CCc2[nH]c3ccccc3c2C1. The van der Waals surface area contributed by atoms with E-state index in [0.717, 1.165) is 22.9 Å². The van der Waals surface area contributed by atoms with Gasteiger partial charge in [0, 0.05) is 41.7 Å². The van der Waals surface area contributed by atoms with Crippen molar-refractivity contribution in [1.82, 2.24) is 19.7 Å². The van der Waals surface area contributed by atoms with Gasteiger partial charge in [0.1, 0.15) is 11.0 Å². The van der Waals surface area contributed by atoms with E-state index < -0.39 is 0 Å². The molecule has 7 heteroatoms. The monoisotopic (exact) mass is 408 g/mol. The molecule has 146 valence electrons. The van der Waals surface area contributed by atoms with Crippen LogP contribution in [0.25, 0.3) is 16.6 Å². The Morgan fingerprint density at radius 2 is 1.93 bits per heavy atom. The van der Waals surface area contributed by atoms with E-state index in [4.69, 9.17) is 11.6 Å². The molecule has 4 aromatic rings. The average molecular weight is 409 g/mol. The number of halogens is 2. The van der Waals surface area contributed by atoms with Gasteiger partial charge in [-0.05, 0) is 37.3 Å². The van der Waals surface area contributed by atoms with Gasteiger partial charge in [-0.15, -0.1) is 0 Å². The lowest BCUT2D eigenvalue weighted by molar-refractivity contribution is 0.0734. The zero-order chi connectivity index (χ0) is 20.1. The van der Waals surface area contributed by atoms with Gasteiger partial charge in [-0.3, -0.25) is 4.79 Å². The number of nitrogens with one attached hydrogen (secondary N) is 1. The fourth-order valence-electron chi connectivity index (χ4n) is 3.99. The van der Waals surface area contributed by atoms with Crippen molar-refractivity contribution in [3.05, 3.63) is 82.0 Å². The summed E-state index contributed by atoms with van der Waals surface area (Å²) in [5.41, 5.74) is 4.97. The van der Waals surface area contributed by atoms with E-state index in [2.05, 4.69) is 16.1 Å². The van der Waals surface area contributed by atoms with Crippen LogP contribution in [0.3, 0.4) is 0 Å². The molecule has 0 bridgehead atoms. The lowest BCUT2D eigenvalue weighted by Crippen LogP contribution is -2.36. The van der Waals surface area contributed by atoms with Gasteiger partial charge in [-0.1, -0.05) is 29.8 Å². The van der Waals surface area contributed by atoms with Gasteiger partial charge >= 0.3 is 0 Å². The van der Waals surface area contributed by atoms with Crippen LogP contribution in [-0.2, 0) is 13.0 Å². The van der Waals surface area contributed by atoms with Crippen LogP contribution in [0.1, 0.15) is 27.3 Å². The van der Waals surface area contributed by atoms with Crippen LogP contribution in [0.15, 0.2) is 48.5 Å². The maximum atomic E-state index is 13.3. The smallest absolute Gasteiger partial charge is 0.259 e. The zero-order valence-electron chi connectivity index (χ0n) is 15.7. The molecule has 2 aromatic carbocycles. The van der Waals surface area contributed by atoms with E-state index in [9.17, 15) is 9.18 Å². The molecule has 0 fully saturated rings. The summed E-state index contributed by atoms with van der Waals surface area (Å²) in [6, 6.07) is 14.0. The zero-order valence-corrected chi connectivity index (χ0v) is 16.5. The topological polar surface area (TPSA) is 53.9 Å². The molecule has 0 spiro atoms. The van der Waals surface area contributed by atoms with Crippen LogP contribution >= 0.6 is 11.6 Å². The quantitative estimate of drug-likeness (QED) is 0.524. The molecule has 0 atom stereocenters. The number of amides is 1. The summed E-state index contributed by atoms with van der Waals surface area (Å²) < 4.78 is 14.7. The minimum Gasteiger partial charge on any atom is -0.358 e. The normalized spacial score (nSPS) is 13.7. The largest absolute Gasteiger partial charge is 0.358 e. The van der Waals surface area contributed by atoms with Crippen molar-refractivity contribution in [2.45, 2.75) is 19.9 Å². The molecule has 29 heavy (non-hydrogen) atoms. The molecule has 0 unspecified atom stereocenters. The van der Waals surface area contributed by atoms with Gasteiger partial charge in [0.25, 0.3) is 5.91 Å². The van der Waals surface area contributed by atoms with E-state index in [1.165, 1.54) is 22.5 Å². The minimum absolute atomic E-state index is 0.142. The molecule has 0 saturated heterocycles. The average Bonchev–Trinajstić information content (AvgIpc) is 3.24. The molecule has 0 aliphatic carbocycles. The van der Waals surface area contributed by atoms with E-state index in [0.29, 0.717) is 30.0 Å². The Labute approximate surface area is 171 Å². The van der Waals surface area contributed by atoms with Gasteiger partial charge in [0.05, 0.1) is 16.9 Å². The van der Waals surface area contributed by atoms with Crippen LogP contribution in [0, 0.1) is 12.7 Å². The van der Waals surface area contributed by atoms with E-state index in [1.54, 1.807) is 19.1 Å². The van der Waals surface area contributed by atoms with Crippen molar-refractivity contribution in [2.75, 3.05) is 6.54 Å². The lowest BCUT2D eigenvalue weighted by atomic mass is 10.0. The molecule has 3 heterocycles. The maximum absolute atomic E-state index is 13.3. The second kappa shape index (κ2) is 6.74. The first-order valence-electron chi connectivity index (χ1n) is 9.41. The number of rotatable bonds is 2. The molecule has 1 aliphatic rings. The third kappa shape index (κ3) is 2.91. The molecule has 5 nitrogen and oxygen atoms in total. The molecule has 1 amide bonds. The van der Waals surface area contributed by atoms with Crippen molar-refractivity contribution in [1.29, 1.82) is 0 Å². The van der Waals surface area contributed by atoms with Crippen molar-refractivity contribution in [3.63, 3.8) is 0 Å². The summed E-state index contributed by atoms with van der Waals surface area (Å²) >= 11 is 6.55. The fraction of sp³-hybridized carbons (Fsp3) is 0.182. The number of para-hydroxylation sites is 1. The number of aryl methyl sites for hydroxylation is 1. The van der Waals surface area contributed by atoms with Gasteiger partial charge < -0.3 is 9.88 Å². The van der Waals surface area contributed by atoms with Crippen molar-refractivity contribution < 1.29 is 9.18 Å². The highest BCUT2D eigenvalue weighted by Crippen LogP contribution is 2.30. The number of hydrogen-bond donors (Lipinski definition) is 1. The molecule has 2 aromatic heterocycles. The number of fused-ring (bicyclic) bond motifs is 3. The highest BCUT2D eigenvalue weighted by atomic mass is 35.5. The van der Waals surface area contributed by atoms with Gasteiger partial charge in [-0.25, -0.2) is 9.07 Å². The summed E-state index contributed by atoms with van der Waals surface area (Å²) in [5, 5.41) is 5.80. The molecule has 1 N–H and O–H groups in total. The van der Waals surface area contributed by atoms with Gasteiger partial charge in [-0.2, -0.15) is 5.10 Å². The van der Waals surface area contributed by atoms with E-state index >= 15 is 0 Å². The summed E-state index contributed by atoms with van der Waals surface area (Å²) in [4.78, 5) is 18.6. The lowest BCUT2D eigenvalue weighted by Gasteiger charge is -2.27. The van der Waals surface area contributed by atoms with E-state index in [-0.39, 0.29) is 16.9 Å². The highest BCUT2D eigenvalue weighted by Gasteiger charge is 2.29. The first kappa shape index (κ1) is 17.9. The van der Waals surface area contributed by atoms with Crippen LogP contribution in [0.5, 0.6) is 0 Å². The van der Waals surface area contributed by atoms with Crippen LogP contribution in [-0.4, -0.2) is 32.1 Å². The summed E-state index contributed by atoms with van der Waals surface area (Å²) in [5.74, 6) is -0.482. The number of carbonyl (C=O) groups is 1. The number of carbonyl (C=O) groups excluding carboxylic acids is 1. The Morgan fingerprint density at radius 3 is 2.72 bits per heavy atom.